The number of nitrogens with zero attached hydrogens (tertiary/aromatic N) is 6. The van der Waals surface area contributed by atoms with E-state index in [0.29, 0.717) is 37.2 Å². The van der Waals surface area contributed by atoms with Crippen molar-refractivity contribution in [2.24, 2.45) is 0 Å². The second kappa shape index (κ2) is 8.83. The summed E-state index contributed by atoms with van der Waals surface area (Å²) in [6.07, 6.45) is 0. The van der Waals surface area contributed by atoms with Gasteiger partial charge in [-0.15, -0.1) is 0 Å². The number of sulfonamides is 1. The average molecular weight is 453 g/mol. The Balaban J connectivity index is 1.39. The Hall–Kier alpha value is -1.66. The van der Waals surface area contributed by atoms with E-state index in [-0.39, 0.29) is 16.8 Å². The molecule has 2 aromatic rings. The lowest BCUT2D eigenvalue weighted by Crippen LogP contribution is -2.57. The van der Waals surface area contributed by atoms with Gasteiger partial charge < -0.3 is 9.80 Å². The Morgan fingerprint density at radius 2 is 1.77 bits per heavy atom. The van der Waals surface area contributed by atoms with Gasteiger partial charge in [-0.05, 0) is 25.6 Å². The molecule has 164 valence electrons. The van der Waals surface area contributed by atoms with Gasteiger partial charge in [-0.3, -0.25) is 9.69 Å². The quantitative estimate of drug-likeness (QED) is 0.654. The first-order chi connectivity index (χ1) is 14.4. The molecule has 2 aliphatic rings. The molecule has 11 heteroatoms. The van der Waals surface area contributed by atoms with Crippen molar-refractivity contribution >= 4 is 38.7 Å². The van der Waals surface area contributed by atoms with Gasteiger partial charge in [-0.25, -0.2) is 8.42 Å². The molecule has 2 fully saturated rings. The summed E-state index contributed by atoms with van der Waals surface area (Å²) in [7, 11) is -3.65. The van der Waals surface area contributed by atoms with Crippen LogP contribution in [0.2, 0.25) is 0 Å². The van der Waals surface area contributed by atoms with Gasteiger partial charge in [0.15, 0.2) is 0 Å². The average Bonchev–Trinajstić information content (AvgIpc) is 3.27. The van der Waals surface area contributed by atoms with Crippen LogP contribution in [0.1, 0.15) is 13.8 Å². The van der Waals surface area contributed by atoms with Crippen LogP contribution in [-0.2, 0) is 14.8 Å². The molecule has 4 rings (SSSR count). The third kappa shape index (κ3) is 4.09. The zero-order valence-electron chi connectivity index (χ0n) is 17.4. The smallest absolute Gasteiger partial charge is 0.245 e. The summed E-state index contributed by atoms with van der Waals surface area (Å²) in [4.78, 5) is 19.5. The summed E-state index contributed by atoms with van der Waals surface area (Å²) in [6.45, 7) is 10.2. The van der Waals surface area contributed by atoms with E-state index in [1.54, 1.807) is 18.2 Å². The van der Waals surface area contributed by atoms with E-state index < -0.39 is 10.0 Å². The van der Waals surface area contributed by atoms with Gasteiger partial charge in [-0.2, -0.15) is 13.1 Å². The first kappa shape index (κ1) is 21.6. The van der Waals surface area contributed by atoms with Gasteiger partial charge in [0.2, 0.25) is 15.9 Å². The van der Waals surface area contributed by atoms with Crippen LogP contribution in [-0.4, -0.2) is 107 Å². The number of piperazine rings is 2. The molecule has 9 nitrogen and oxygen atoms in total. The highest BCUT2D eigenvalue weighted by atomic mass is 32.2. The topological polar surface area (TPSA) is 90.0 Å². The molecule has 0 aliphatic carbocycles. The number of benzene rings is 1. The molecule has 1 amide bonds. The van der Waals surface area contributed by atoms with Gasteiger partial charge in [0.25, 0.3) is 0 Å². The van der Waals surface area contributed by atoms with Crippen molar-refractivity contribution in [3.05, 3.63) is 18.2 Å². The SMILES string of the molecule is CCN1CCN(C(=O)[C@@H](C)N2CCN(S(=O)(=O)c3cccc4nsnc34)CC2)CC1. The summed E-state index contributed by atoms with van der Waals surface area (Å²) in [5.74, 6) is 0.139. The van der Waals surface area contributed by atoms with Crippen LogP contribution in [0.3, 0.4) is 0 Å². The maximum atomic E-state index is 13.2. The molecule has 0 radical (unpaired) electrons. The van der Waals surface area contributed by atoms with E-state index in [1.807, 2.05) is 11.8 Å². The van der Waals surface area contributed by atoms with Crippen LogP contribution in [0.25, 0.3) is 11.0 Å². The van der Waals surface area contributed by atoms with Crippen molar-refractivity contribution in [2.75, 3.05) is 58.9 Å². The highest BCUT2D eigenvalue weighted by Gasteiger charge is 2.34. The predicted molar refractivity (Wildman–Crippen MR) is 116 cm³/mol. The van der Waals surface area contributed by atoms with Gasteiger partial charge in [0.1, 0.15) is 15.9 Å². The van der Waals surface area contributed by atoms with Crippen molar-refractivity contribution in [1.29, 1.82) is 0 Å². The Morgan fingerprint density at radius 1 is 1.07 bits per heavy atom. The van der Waals surface area contributed by atoms with E-state index in [9.17, 15) is 13.2 Å². The zero-order valence-corrected chi connectivity index (χ0v) is 19.0. The van der Waals surface area contributed by atoms with E-state index in [2.05, 4.69) is 25.5 Å². The van der Waals surface area contributed by atoms with Crippen LogP contribution >= 0.6 is 11.7 Å². The fraction of sp³-hybridized carbons (Fsp3) is 0.632. The van der Waals surface area contributed by atoms with Gasteiger partial charge >= 0.3 is 0 Å². The van der Waals surface area contributed by atoms with E-state index in [0.717, 1.165) is 44.5 Å². The highest BCUT2D eigenvalue weighted by molar-refractivity contribution is 7.89. The monoisotopic (exact) mass is 452 g/mol. The second-order valence-electron chi connectivity index (χ2n) is 7.76. The number of carbonyl (C=O) groups excluding carboxylic acids is 1. The number of amides is 1. The normalized spacial score (nSPS) is 21.2. The lowest BCUT2D eigenvalue weighted by atomic mass is 10.2. The van der Waals surface area contributed by atoms with Crippen molar-refractivity contribution in [1.82, 2.24) is 27.8 Å². The molecule has 30 heavy (non-hydrogen) atoms. The molecule has 3 heterocycles. The van der Waals surface area contributed by atoms with Crippen LogP contribution in [0.4, 0.5) is 0 Å². The van der Waals surface area contributed by atoms with Crippen molar-refractivity contribution < 1.29 is 13.2 Å². The molecule has 2 aliphatic heterocycles. The molecule has 1 atom stereocenters. The first-order valence-electron chi connectivity index (χ1n) is 10.4. The van der Waals surface area contributed by atoms with Gasteiger partial charge in [0.05, 0.1) is 17.8 Å². The van der Waals surface area contributed by atoms with Gasteiger partial charge in [0, 0.05) is 52.4 Å². The number of hydrogen-bond donors (Lipinski definition) is 0. The summed E-state index contributed by atoms with van der Waals surface area (Å²) in [6, 6.07) is 4.82. The van der Waals surface area contributed by atoms with Crippen LogP contribution in [0.5, 0.6) is 0 Å². The molecule has 1 aromatic heterocycles. The third-order valence-corrected chi connectivity index (χ3v) is 8.65. The molecule has 2 saturated heterocycles. The number of aromatic nitrogens is 2. The van der Waals surface area contributed by atoms with Crippen LogP contribution in [0, 0.1) is 0 Å². The van der Waals surface area contributed by atoms with E-state index >= 15 is 0 Å². The maximum Gasteiger partial charge on any atom is 0.245 e. The standard InChI is InChI=1S/C19H28N6O3S2/c1-3-22-7-9-24(10-8-22)19(26)15(2)23-11-13-25(14-12-23)30(27,28)17-6-4-5-16-18(17)21-29-20-16/h4-6,15H,3,7-14H2,1-2H3/t15-/m1/s1. The minimum atomic E-state index is -3.65. The lowest BCUT2D eigenvalue weighted by molar-refractivity contribution is -0.138. The molecule has 0 saturated carbocycles. The zero-order chi connectivity index (χ0) is 21.3. The fourth-order valence-corrected chi connectivity index (χ4v) is 6.34. The summed E-state index contributed by atoms with van der Waals surface area (Å²) < 4.78 is 36.2. The molecular weight excluding hydrogens is 424 g/mol. The lowest BCUT2D eigenvalue weighted by Gasteiger charge is -2.40. The summed E-state index contributed by atoms with van der Waals surface area (Å²) in [5, 5.41) is 0. The number of carbonyl (C=O) groups is 1. The molecule has 0 spiro atoms. The van der Waals surface area contributed by atoms with Crippen molar-refractivity contribution in [3.8, 4) is 0 Å². The number of hydrogen-bond acceptors (Lipinski definition) is 8. The van der Waals surface area contributed by atoms with Crippen LogP contribution in [0.15, 0.2) is 23.1 Å². The molecule has 0 bridgehead atoms. The third-order valence-electron chi connectivity index (χ3n) is 6.18. The highest BCUT2D eigenvalue weighted by Crippen LogP contribution is 2.25. The number of fused-ring (bicyclic) bond motifs is 1. The van der Waals surface area contributed by atoms with Crippen molar-refractivity contribution in [3.63, 3.8) is 0 Å². The summed E-state index contributed by atoms with van der Waals surface area (Å²) >= 11 is 1.02. The van der Waals surface area contributed by atoms with Crippen molar-refractivity contribution in [2.45, 2.75) is 24.8 Å². The molecule has 0 unspecified atom stereocenters. The van der Waals surface area contributed by atoms with Crippen LogP contribution < -0.4 is 0 Å². The Kier molecular flexibility index (Phi) is 6.35. The Morgan fingerprint density at radius 3 is 2.43 bits per heavy atom. The minimum absolute atomic E-state index is 0.139. The first-order valence-corrected chi connectivity index (χ1v) is 12.6. The van der Waals surface area contributed by atoms with Gasteiger partial charge in [-0.1, -0.05) is 13.0 Å². The van der Waals surface area contributed by atoms with E-state index in [4.69, 9.17) is 0 Å². The predicted octanol–water partition coefficient (Wildman–Crippen LogP) is 0.550. The minimum Gasteiger partial charge on any atom is -0.339 e. The Bertz CT molecular complexity index is 995. The fourth-order valence-electron chi connectivity index (χ4n) is 4.16. The number of likely N-dealkylation sites (N-methyl/N-ethyl adjacent to an activating group) is 1. The van der Waals surface area contributed by atoms with E-state index in [1.165, 1.54) is 4.31 Å². The maximum absolute atomic E-state index is 13.2. The molecule has 1 aromatic carbocycles. The largest absolute Gasteiger partial charge is 0.339 e. The summed E-state index contributed by atoms with van der Waals surface area (Å²) in [5.41, 5.74) is 1.03. The molecule has 0 N–H and O–H groups in total. The Labute approximate surface area is 181 Å². The number of rotatable bonds is 5. The second-order valence-corrected chi connectivity index (χ2v) is 10.2. The molecular formula is C19H28N6O3S2.